The Bertz CT molecular complexity index is 2000. The van der Waals surface area contributed by atoms with Crippen molar-refractivity contribution in [2.75, 3.05) is 18.9 Å². The molecule has 0 unspecified atom stereocenters. The number of hydrogen-bond acceptors (Lipinski definition) is 8. The normalized spacial score (nSPS) is 13.8. The highest BCUT2D eigenvalue weighted by molar-refractivity contribution is 5.83. The number of nitrogens with one attached hydrogen (secondary N) is 1. The van der Waals surface area contributed by atoms with Gasteiger partial charge in [-0.2, -0.15) is 10.2 Å². The molecule has 6 rings (SSSR count). The lowest BCUT2D eigenvalue weighted by atomic mass is 9.86. The van der Waals surface area contributed by atoms with E-state index in [0.717, 1.165) is 30.9 Å². The number of aromatic nitrogens is 6. The van der Waals surface area contributed by atoms with E-state index < -0.39 is 18.0 Å². The van der Waals surface area contributed by atoms with E-state index in [4.69, 9.17) is 0 Å². The van der Waals surface area contributed by atoms with Crippen LogP contribution in [-0.4, -0.2) is 52.7 Å². The maximum Gasteiger partial charge on any atom is 0.290 e. The summed E-state index contributed by atoms with van der Waals surface area (Å²) in [5, 5.41) is 23.1. The number of nitrogens with zero attached hydrogens (tertiary/aromatic N) is 7. The second kappa shape index (κ2) is 10.5. The van der Waals surface area contributed by atoms with Crippen molar-refractivity contribution in [1.29, 1.82) is 0 Å². The molecule has 0 spiro atoms. The zero-order valence-electron chi connectivity index (χ0n) is 24.7. The quantitative estimate of drug-likeness (QED) is 0.322. The largest absolute Gasteiger partial charge is 0.392 e. The van der Waals surface area contributed by atoms with Gasteiger partial charge in [0.2, 0.25) is 0 Å². The van der Waals surface area contributed by atoms with Gasteiger partial charge in [-0.15, -0.1) is 0 Å². The molecule has 4 aromatic heterocycles. The number of likely N-dealkylation sites (N-methyl/N-ethyl adjacent to an activating group) is 1. The van der Waals surface area contributed by atoms with Crippen LogP contribution >= 0.6 is 0 Å². The molecule has 1 aromatic carbocycles. The lowest BCUT2D eigenvalue weighted by Gasteiger charge is -2.22. The van der Waals surface area contributed by atoms with E-state index in [1.165, 1.54) is 34.8 Å². The van der Waals surface area contributed by atoms with Crippen LogP contribution in [0.15, 0.2) is 58.4 Å². The van der Waals surface area contributed by atoms with Crippen LogP contribution < -0.4 is 16.4 Å². The molecule has 5 aromatic rings. The minimum absolute atomic E-state index is 0.0627. The minimum atomic E-state index is -0.619. The van der Waals surface area contributed by atoms with Crippen LogP contribution in [0.5, 0.6) is 0 Å². The van der Waals surface area contributed by atoms with Gasteiger partial charge in [0.15, 0.2) is 5.82 Å². The van der Waals surface area contributed by atoms with Crippen molar-refractivity contribution in [3.8, 4) is 17.1 Å². The fraction of sp³-hybridized carbons (Fsp3) is 0.323. The van der Waals surface area contributed by atoms with Crippen molar-refractivity contribution in [1.82, 2.24) is 34.0 Å². The zero-order chi connectivity index (χ0) is 30.6. The Morgan fingerprint density at radius 1 is 1.02 bits per heavy atom. The van der Waals surface area contributed by atoms with Gasteiger partial charge in [0.1, 0.15) is 17.3 Å². The third-order valence-corrected chi connectivity index (χ3v) is 7.83. The Balaban J connectivity index is 1.44. The Morgan fingerprint density at radius 3 is 2.56 bits per heavy atom. The number of halogens is 1. The van der Waals surface area contributed by atoms with Crippen molar-refractivity contribution >= 4 is 22.3 Å². The van der Waals surface area contributed by atoms with Crippen LogP contribution in [0, 0.1) is 5.82 Å². The summed E-state index contributed by atoms with van der Waals surface area (Å²) >= 11 is 0. The van der Waals surface area contributed by atoms with E-state index in [-0.39, 0.29) is 27.9 Å². The highest BCUT2D eigenvalue weighted by Gasteiger charge is 2.22. The number of benzene rings is 1. The molecule has 0 saturated heterocycles. The molecule has 0 saturated carbocycles. The highest BCUT2D eigenvalue weighted by Crippen LogP contribution is 2.30. The fourth-order valence-corrected chi connectivity index (χ4v) is 5.44. The molecule has 1 aliphatic rings. The summed E-state index contributed by atoms with van der Waals surface area (Å²) in [6.07, 6.45) is 3.01. The predicted octanol–water partition coefficient (Wildman–Crippen LogP) is 3.46. The molecular formula is C31H33FN8O3. The summed E-state index contributed by atoms with van der Waals surface area (Å²) in [5.74, 6) is 0.0606. The van der Waals surface area contributed by atoms with Crippen molar-refractivity contribution in [3.63, 3.8) is 0 Å². The third kappa shape index (κ3) is 5.12. The van der Waals surface area contributed by atoms with Gasteiger partial charge in [-0.3, -0.25) is 23.7 Å². The van der Waals surface area contributed by atoms with Gasteiger partial charge in [0, 0.05) is 49.7 Å². The first-order valence-electron chi connectivity index (χ1n) is 14.0. The molecule has 1 aliphatic heterocycles. The lowest BCUT2D eigenvalue weighted by Crippen LogP contribution is -2.30. The summed E-state index contributed by atoms with van der Waals surface area (Å²) in [4.78, 5) is 33.2. The zero-order valence-corrected chi connectivity index (χ0v) is 24.7. The number of aryl methyl sites for hydroxylation is 1. The summed E-state index contributed by atoms with van der Waals surface area (Å²) in [5.41, 5.74) is 1.94. The lowest BCUT2D eigenvalue weighted by molar-refractivity contribution is 0.259. The van der Waals surface area contributed by atoms with Crippen LogP contribution in [-0.2, 0) is 32.2 Å². The van der Waals surface area contributed by atoms with E-state index in [2.05, 4.69) is 25.4 Å². The number of fused-ring (bicyclic) bond motifs is 2. The molecule has 43 heavy (non-hydrogen) atoms. The second-order valence-corrected chi connectivity index (χ2v) is 12.0. The van der Waals surface area contributed by atoms with E-state index >= 15 is 4.39 Å². The molecule has 0 bridgehead atoms. The molecule has 5 heterocycles. The molecule has 0 aliphatic carbocycles. The molecule has 2 N–H and O–H groups in total. The summed E-state index contributed by atoms with van der Waals surface area (Å²) in [7, 11) is 3.58. The average molecular weight is 585 g/mol. The van der Waals surface area contributed by atoms with E-state index in [1.54, 1.807) is 18.2 Å². The predicted molar refractivity (Wildman–Crippen MR) is 162 cm³/mol. The van der Waals surface area contributed by atoms with Gasteiger partial charge in [0.05, 0.1) is 29.9 Å². The number of aliphatic hydroxyl groups excluding tert-OH is 1. The van der Waals surface area contributed by atoms with Crippen molar-refractivity contribution in [2.45, 2.75) is 45.9 Å². The number of hydrogen-bond donors (Lipinski definition) is 2. The van der Waals surface area contributed by atoms with Crippen LogP contribution in [0.1, 0.15) is 37.6 Å². The SMILES string of the molecule is CN1CCn2nc(Nc3cc(-c4ccnc(-n5ccc6cc(C(C)(C)C)cc(F)c6c5=O)c4CO)nn(C)c3=O)cc2C1. The molecule has 0 amide bonds. The molecule has 222 valence electrons. The van der Waals surface area contributed by atoms with E-state index in [0.29, 0.717) is 28.0 Å². The topological polar surface area (TPSA) is 123 Å². The molecule has 0 radical (unpaired) electrons. The van der Waals surface area contributed by atoms with Crippen LogP contribution in [0.2, 0.25) is 0 Å². The van der Waals surface area contributed by atoms with Crippen molar-refractivity contribution in [2.24, 2.45) is 7.05 Å². The van der Waals surface area contributed by atoms with E-state index in [9.17, 15) is 14.7 Å². The first kappa shape index (κ1) is 28.4. The van der Waals surface area contributed by atoms with Gasteiger partial charge in [-0.1, -0.05) is 26.8 Å². The van der Waals surface area contributed by atoms with Crippen LogP contribution in [0.3, 0.4) is 0 Å². The van der Waals surface area contributed by atoms with Crippen LogP contribution in [0.4, 0.5) is 15.9 Å². The van der Waals surface area contributed by atoms with Gasteiger partial charge in [-0.25, -0.2) is 14.1 Å². The minimum Gasteiger partial charge on any atom is -0.392 e. The van der Waals surface area contributed by atoms with Gasteiger partial charge >= 0.3 is 0 Å². The standard InChI is InChI=1S/C31H33FN8O3/c1-31(2,3)19-12-18-7-9-39(30(43)27(18)23(32)13-19)28-22(17-41)21(6-8-33-28)24-15-25(29(42)38(5)35-24)34-26-14-20-16-37(4)10-11-40(20)36-26/h6-9,12-15,41H,10-11,16-17H2,1-5H3,(H,34,36). The average Bonchev–Trinajstić information content (AvgIpc) is 3.35. The first-order chi connectivity index (χ1) is 20.4. The van der Waals surface area contributed by atoms with E-state index in [1.807, 2.05) is 44.6 Å². The molecule has 0 atom stereocenters. The van der Waals surface area contributed by atoms with Crippen molar-refractivity contribution in [3.05, 3.63) is 92.1 Å². The Labute approximate surface area is 246 Å². The van der Waals surface area contributed by atoms with Gasteiger partial charge < -0.3 is 10.4 Å². The van der Waals surface area contributed by atoms with Gasteiger partial charge in [0.25, 0.3) is 11.1 Å². The first-order valence-corrected chi connectivity index (χ1v) is 14.0. The Kier molecular flexibility index (Phi) is 6.98. The van der Waals surface area contributed by atoms with Crippen molar-refractivity contribution < 1.29 is 9.50 Å². The number of aliphatic hydroxyl groups is 1. The molecule has 11 nitrogen and oxygen atoms in total. The summed E-state index contributed by atoms with van der Waals surface area (Å²) in [6, 6.07) is 10.0. The third-order valence-electron chi connectivity index (χ3n) is 7.83. The number of anilines is 2. The fourth-order valence-electron chi connectivity index (χ4n) is 5.44. The maximum atomic E-state index is 15.3. The molecule has 12 heteroatoms. The van der Waals surface area contributed by atoms with Crippen LogP contribution in [0.25, 0.3) is 27.8 Å². The smallest absolute Gasteiger partial charge is 0.290 e. The maximum absolute atomic E-state index is 15.3. The summed E-state index contributed by atoms with van der Waals surface area (Å²) < 4.78 is 19.7. The highest BCUT2D eigenvalue weighted by atomic mass is 19.1. The second-order valence-electron chi connectivity index (χ2n) is 12.0. The summed E-state index contributed by atoms with van der Waals surface area (Å²) in [6.45, 7) is 7.85. The monoisotopic (exact) mass is 584 g/mol. The molecular weight excluding hydrogens is 551 g/mol. The Morgan fingerprint density at radius 2 is 1.81 bits per heavy atom. The van der Waals surface area contributed by atoms with Gasteiger partial charge in [-0.05, 0) is 47.7 Å². The number of pyridine rings is 2. The Hall–Kier alpha value is -4.68. The number of rotatable bonds is 5. The molecule has 0 fully saturated rings.